The molecular weight excluding hydrogens is 442 g/mol. The SMILES string of the molecule is COc1ccc(S(=O)(=O)N2CCC[C@@H](C(=O)N3CCN(c4ccccc4)CC3)C2)cc1OC. The molecule has 0 radical (unpaired) electrons. The van der Waals surface area contributed by atoms with Crippen LogP contribution in [0, 0.1) is 5.92 Å². The summed E-state index contributed by atoms with van der Waals surface area (Å²) in [5.41, 5.74) is 1.16. The topological polar surface area (TPSA) is 79.4 Å². The summed E-state index contributed by atoms with van der Waals surface area (Å²) in [7, 11) is -0.763. The quantitative estimate of drug-likeness (QED) is 0.641. The number of amides is 1. The number of nitrogens with zero attached hydrogens (tertiary/aromatic N) is 3. The normalized spacial score (nSPS) is 19.9. The molecule has 9 heteroatoms. The predicted octanol–water partition coefficient (Wildman–Crippen LogP) is 2.45. The minimum Gasteiger partial charge on any atom is -0.493 e. The Morgan fingerprint density at radius 3 is 2.27 bits per heavy atom. The van der Waals surface area contributed by atoms with Crippen molar-refractivity contribution in [2.24, 2.45) is 5.92 Å². The van der Waals surface area contributed by atoms with E-state index in [1.807, 2.05) is 23.1 Å². The monoisotopic (exact) mass is 473 g/mol. The number of para-hydroxylation sites is 1. The highest BCUT2D eigenvalue weighted by atomic mass is 32.2. The van der Waals surface area contributed by atoms with Gasteiger partial charge in [0.2, 0.25) is 15.9 Å². The summed E-state index contributed by atoms with van der Waals surface area (Å²) in [6.07, 6.45) is 1.36. The molecule has 0 unspecified atom stereocenters. The van der Waals surface area contributed by atoms with Crippen LogP contribution in [0.2, 0.25) is 0 Å². The molecule has 0 aliphatic carbocycles. The van der Waals surface area contributed by atoms with Crippen molar-refractivity contribution in [2.45, 2.75) is 17.7 Å². The number of carbonyl (C=O) groups is 1. The molecular formula is C24H31N3O5S. The zero-order valence-corrected chi connectivity index (χ0v) is 20.0. The summed E-state index contributed by atoms with van der Waals surface area (Å²) in [6.45, 7) is 3.45. The second kappa shape index (κ2) is 10.0. The van der Waals surface area contributed by atoms with Crippen molar-refractivity contribution in [1.29, 1.82) is 0 Å². The van der Waals surface area contributed by atoms with Crippen LogP contribution in [0.5, 0.6) is 11.5 Å². The average Bonchev–Trinajstić information content (AvgIpc) is 2.88. The fourth-order valence-corrected chi connectivity index (χ4v) is 6.11. The van der Waals surface area contributed by atoms with Crippen LogP contribution in [0.25, 0.3) is 0 Å². The lowest BCUT2D eigenvalue weighted by atomic mass is 9.97. The van der Waals surface area contributed by atoms with E-state index >= 15 is 0 Å². The van der Waals surface area contributed by atoms with E-state index in [1.165, 1.54) is 30.7 Å². The van der Waals surface area contributed by atoms with Crippen molar-refractivity contribution in [3.8, 4) is 11.5 Å². The van der Waals surface area contributed by atoms with Crippen LogP contribution in [-0.4, -0.2) is 77.0 Å². The summed E-state index contributed by atoms with van der Waals surface area (Å²) >= 11 is 0. The summed E-state index contributed by atoms with van der Waals surface area (Å²) < 4.78 is 38.5. The van der Waals surface area contributed by atoms with Crippen LogP contribution < -0.4 is 14.4 Å². The number of anilines is 1. The number of sulfonamides is 1. The molecule has 0 spiro atoms. The largest absolute Gasteiger partial charge is 0.493 e. The molecule has 8 nitrogen and oxygen atoms in total. The van der Waals surface area contributed by atoms with Crippen LogP contribution in [0.1, 0.15) is 12.8 Å². The van der Waals surface area contributed by atoms with Gasteiger partial charge in [-0.05, 0) is 37.1 Å². The zero-order chi connectivity index (χ0) is 23.4. The summed E-state index contributed by atoms with van der Waals surface area (Å²) in [5, 5.41) is 0. The van der Waals surface area contributed by atoms with Gasteiger partial charge in [0.1, 0.15) is 0 Å². The fourth-order valence-electron chi connectivity index (χ4n) is 4.57. The smallest absolute Gasteiger partial charge is 0.243 e. The minimum atomic E-state index is -3.74. The Labute approximate surface area is 195 Å². The zero-order valence-electron chi connectivity index (χ0n) is 19.1. The van der Waals surface area contributed by atoms with Crippen molar-refractivity contribution in [1.82, 2.24) is 9.21 Å². The van der Waals surface area contributed by atoms with Crippen molar-refractivity contribution in [3.63, 3.8) is 0 Å². The van der Waals surface area contributed by atoms with E-state index in [0.717, 1.165) is 18.8 Å². The van der Waals surface area contributed by atoms with Crippen LogP contribution in [0.15, 0.2) is 53.4 Å². The molecule has 2 fully saturated rings. The number of hydrogen-bond donors (Lipinski definition) is 0. The molecule has 2 heterocycles. The molecule has 2 aromatic rings. The molecule has 2 aromatic carbocycles. The summed E-state index contributed by atoms with van der Waals surface area (Å²) in [4.78, 5) is 17.5. The van der Waals surface area contributed by atoms with Gasteiger partial charge in [0.05, 0.1) is 25.0 Å². The third-order valence-electron chi connectivity index (χ3n) is 6.44. The summed E-state index contributed by atoms with van der Waals surface area (Å²) in [6, 6.07) is 14.8. The van der Waals surface area contributed by atoms with Gasteiger partial charge in [-0.1, -0.05) is 18.2 Å². The number of hydrogen-bond acceptors (Lipinski definition) is 6. The number of ether oxygens (including phenoxy) is 2. The molecule has 1 atom stereocenters. The van der Waals surface area contributed by atoms with Gasteiger partial charge in [0, 0.05) is 51.0 Å². The Morgan fingerprint density at radius 2 is 1.61 bits per heavy atom. The Hall–Kier alpha value is -2.78. The first kappa shape index (κ1) is 23.4. The van der Waals surface area contributed by atoms with E-state index in [-0.39, 0.29) is 23.3 Å². The third-order valence-corrected chi connectivity index (χ3v) is 8.30. The number of rotatable bonds is 6. The van der Waals surface area contributed by atoms with E-state index in [9.17, 15) is 13.2 Å². The Kier molecular flexibility index (Phi) is 7.09. The molecule has 0 N–H and O–H groups in total. The molecule has 0 saturated carbocycles. The lowest BCUT2D eigenvalue weighted by Crippen LogP contribution is -2.53. The summed E-state index contributed by atoms with van der Waals surface area (Å²) in [5.74, 6) is 0.559. The van der Waals surface area contributed by atoms with Gasteiger partial charge in [-0.15, -0.1) is 0 Å². The highest BCUT2D eigenvalue weighted by molar-refractivity contribution is 7.89. The van der Waals surface area contributed by atoms with Gasteiger partial charge < -0.3 is 19.3 Å². The Bertz CT molecular complexity index is 1070. The van der Waals surface area contributed by atoms with E-state index in [2.05, 4.69) is 17.0 Å². The van der Waals surface area contributed by atoms with Gasteiger partial charge >= 0.3 is 0 Å². The molecule has 4 rings (SSSR count). The van der Waals surface area contributed by atoms with Crippen molar-refractivity contribution in [2.75, 3.05) is 58.4 Å². The van der Waals surface area contributed by atoms with Crippen molar-refractivity contribution in [3.05, 3.63) is 48.5 Å². The highest BCUT2D eigenvalue weighted by Gasteiger charge is 2.36. The van der Waals surface area contributed by atoms with Crippen LogP contribution in [-0.2, 0) is 14.8 Å². The van der Waals surface area contributed by atoms with Crippen molar-refractivity contribution < 1.29 is 22.7 Å². The first-order valence-corrected chi connectivity index (χ1v) is 12.7. The third kappa shape index (κ3) is 4.94. The maximum Gasteiger partial charge on any atom is 0.243 e. The first-order valence-electron chi connectivity index (χ1n) is 11.2. The van der Waals surface area contributed by atoms with Crippen LogP contribution >= 0.6 is 0 Å². The number of piperidine rings is 1. The highest BCUT2D eigenvalue weighted by Crippen LogP contribution is 2.32. The molecule has 0 bridgehead atoms. The number of piperazine rings is 1. The van der Waals surface area contributed by atoms with Gasteiger partial charge in [-0.25, -0.2) is 8.42 Å². The molecule has 2 aliphatic rings. The van der Waals surface area contributed by atoms with Crippen LogP contribution in [0.4, 0.5) is 5.69 Å². The number of carbonyl (C=O) groups excluding carboxylic acids is 1. The van der Waals surface area contributed by atoms with E-state index in [1.54, 1.807) is 6.07 Å². The van der Waals surface area contributed by atoms with Gasteiger partial charge in [-0.2, -0.15) is 4.31 Å². The van der Waals surface area contributed by atoms with Gasteiger partial charge in [0.15, 0.2) is 11.5 Å². The number of methoxy groups -OCH3 is 2. The van der Waals surface area contributed by atoms with E-state index in [0.29, 0.717) is 44.0 Å². The second-order valence-corrected chi connectivity index (χ2v) is 10.3. The van der Waals surface area contributed by atoms with Gasteiger partial charge in [-0.3, -0.25) is 4.79 Å². The lowest BCUT2D eigenvalue weighted by Gasteiger charge is -2.39. The van der Waals surface area contributed by atoms with E-state index < -0.39 is 10.0 Å². The molecule has 33 heavy (non-hydrogen) atoms. The molecule has 1 amide bonds. The second-order valence-electron chi connectivity index (χ2n) is 8.37. The van der Waals surface area contributed by atoms with Gasteiger partial charge in [0.25, 0.3) is 0 Å². The molecule has 0 aromatic heterocycles. The average molecular weight is 474 g/mol. The van der Waals surface area contributed by atoms with Crippen molar-refractivity contribution >= 4 is 21.6 Å². The maximum absolute atomic E-state index is 13.3. The predicted molar refractivity (Wildman–Crippen MR) is 126 cm³/mol. The first-order chi connectivity index (χ1) is 15.9. The fraction of sp³-hybridized carbons (Fsp3) is 0.458. The standard InChI is InChI=1S/C24H31N3O5S/c1-31-22-11-10-21(17-23(22)32-2)33(29,30)27-12-6-7-19(18-27)24(28)26-15-13-25(14-16-26)20-8-4-3-5-9-20/h3-5,8-11,17,19H,6-7,12-16,18H2,1-2H3/t19-/m1/s1. The number of benzene rings is 2. The molecule has 2 aliphatic heterocycles. The Balaban J connectivity index is 1.41. The van der Waals surface area contributed by atoms with Crippen LogP contribution in [0.3, 0.4) is 0 Å². The maximum atomic E-state index is 13.3. The van der Waals surface area contributed by atoms with E-state index in [4.69, 9.17) is 9.47 Å². The minimum absolute atomic E-state index is 0.0509. The Morgan fingerprint density at radius 1 is 0.909 bits per heavy atom. The molecule has 2 saturated heterocycles. The lowest BCUT2D eigenvalue weighted by molar-refractivity contribution is -0.137. The molecule has 178 valence electrons.